The summed E-state index contributed by atoms with van der Waals surface area (Å²) in [5, 5.41) is 23.0. The number of rotatable bonds is 43. The van der Waals surface area contributed by atoms with E-state index in [1.165, 1.54) is 173 Å². The lowest BCUT2D eigenvalue weighted by molar-refractivity contribution is -0.123. The molecule has 1 amide bonds. The van der Waals surface area contributed by atoms with E-state index in [0.717, 1.165) is 51.4 Å². The van der Waals surface area contributed by atoms with E-state index in [1.807, 2.05) is 6.08 Å². The van der Waals surface area contributed by atoms with Crippen LogP contribution in [0, 0.1) is 0 Å². The zero-order chi connectivity index (χ0) is 39.3. The summed E-state index contributed by atoms with van der Waals surface area (Å²) >= 11 is 0. The standard InChI is InChI=1S/C50H93NO3/c1-3-5-7-9-11-13-15-17-19-21-23-24-25-26-27-28-29-31-33-35-37-39-41-43-45-49(53)48(47-52)51-50(54)46-44-42-40-38-36-34-32-30-22-20-18-16-14-12-10-8-6-4-2/h28-30,32,35,37,43,45,48-49,52-53H,3-27,31,33-34,36,38-42,44,46-47H2,1-2H3,(H,51,54)/b29-28+,32-30-,37-35+,45-43+. The minimum Gasteiger partial charge on any atom is -0.394 e. The number of unbranched alkanes of at least 4 members (excludes halogenated alkanes) is 30. The maximum absolute atomic E-state index is 12.4. The molecular weight excluding hydrogens is 663 g/mol. The number of aliphatic hydroxyl groups is 2. The average Bonchev–Trinajstić information content (AvgIpc) is 3.18. The highest BCUT2D eigenvalue weighted by Gasteiger charge is 2.17. The molecule has 0 aliphatic carbocycles. The topological polar surface area (TPSA) is 69.6 Å². The Morgan fingerprint density at radius 1 is 0.426 bits per heavy atom. The van der Waals surface area contributed by atoms with Gasteiger partial charge in [0, 0.05) is 6.42 Å². The first-order chi connectivity index (χ1) is 26.7. The molecule has 0 aromatic carbocycles. The van der Waals surface area contributed by atoms with Gasteiger partial charge >= 0.3 is 0 Å². The Hall–Kier alpha value is -1.65. The molecule has 0 spiro atoms. The second kappa shape index (κ2) is 45.7. The van der Waals surface area contributed by atoms with Gasteiger partial charge in [-0.15, -0.1) is 0 Å². The van der Waals surface area contributed by atoms with Crippen LogP contribution in [0.25, 0.3) is 0 Å². The SMILES string of the molecule is CCCCCCCCCCC/C=C\CCCCCCCC(=O)NC(CO)C(O)/C=C/CC/C=C/CC/C=C/CCCCCCCCCCCCCCCC. The predicted molar refractivity (Wildman–Crippen MR) is 239 cm³/mol. The van der Waals surface area contributed by atoms with Crippen LogP contribution in [0.4, 0.5) is 0 Å². The Balaban J connectivity index is 3.63. The van der Waals surface area contributed by atoms with Gasteiger partial charge in [0.05, 0.1) is 18.8 Å². The van der Waals surface area contributed by atoms with Crippen LogP contribution in [0.3, 0.4) is 0 Å². The largest absolute Gasteiger partial charge is 0.394 e. The third-order valence-electron chi connectivity index (χ3n) is 10.8. The molecule has 0 bridgehead atoms. The summed E-state index contributed by atoms with van der Waals surface area (Å²) in [7, 11) is 0. The molecule has 0 aliphatic heterocycles. The fourth-order valence-corrected chi connectivity index (χ4v) is 7.09. The molecule has 0 heterocycles. The first kappa shape index (κ1) is 52.3. The van der Waals surface area contributed by atoms with Gasteiger partial charge in [0.25, 0.3) is 0 Å². The van der Waals surface area contributed by atoms with Gasteiger partial charge in [-0.1, -0.05) is 217 Å². The lowest BCUT2D eigenvalue weighted by atomic mass is 10.0. The Morgan fingerprint density at radius 3 is 1.07 bits per heavy atom. The lowest BCUT2D eigenvalue weighted by Crippen LogP contribution is -2.45. The second-order valence-electron chi connectivity index (χ2n) is 16.2. The molecule has 0 rings (SSSR count). The van der Waals surface area contributed by atoms with Crippen molar-refractivity contribution in [1.29, 1.82) is 0 Å². The van der Waals surface area contributed by atoms with E-state index in [2.05, 4.69) is 55.6 Å². The van der Waals surface area contributed by atoms with Crippen molar-refractivity contribution >= 4 is 5.91 Å². The van der Waals surface area contributed by atoms with Crippen molar-refractivity contribution in [3.8, 4) is 0 Å². The van der Waals surface area contributed by atoms with E-state index in [9.17, 15) is 15.0 Å². The van der Waals surface area contributed by atoms with Gasteiger partial charge in [-0.3, -0.25) is 4.79 Å². The molecule has 4 heteroatoms. The Morgan fingerprint density at radius 2 is 0.722 bits per heavy atom. The maximum Gasteiger partial charge on any atom is 0.220 e. The van der Waals surface area contributed by atoms with Gasteiger partial charge in [0.2, 0.25) is 5.91 Å². The molecule has 0 fully saturated rings. The minimum absolute atomic E-state index is 0.0857. The van der Waals surface area contributed by atoms with E-state index in [0.29, 0.717) is 6.42 Å². The first-order valence-corrected chi connectivity index (χ1v) is 23.9. The molecule has 0 aromatic rings. The second-order valence-corrected chi connectivity index (χ2v) is 16.2. The quantitative estimate of drug-likeness (QED) is 0.0429. The van der Waals surface area contributed by atoms with E-state index in [1.54, 1.807) is 6.08 Å². The number of hydrogen-bond acceptors (Lipinski definition) is 3. The fourth-order valence-electron chi connectivity index (χ4n) is 7.09. The van der Waals surface area contributed by atoms with Crippen molar-refractivity contribution < 1.29 is 15.0 Å². The average molecular weight is 756 g/mol. The van der Waals surface area contributed by atoms with Crippen molar-refractivity contribution in [3.63, 3.8) is 0 Å². The smallest absolute Gasteiger partial charge is 0.220 e. The predicted octanol–water partition coefficient (Wildman–Crippen LogP) is 15.1. The van der Waals surface area contributed by atoms with Crippen molar-refractivity contribution in [2.24, 2.45) is 0 Å². The Labute approximate surface area is 337 Å². The number of carbonyl (C=O) groups is 1. The molecule has 2 atom stereocenters. The number of allylic oxidation sites excluding steroid dienone is 7. The highest BCUT2D eigenvalue weighted by Crippen LogP contribution is 2.15. The normalized spacial score (nSPS) is 13.3. The fraction of sp³-hybridized carbons (Fsp3) is 0.820. The van der Waals surface area contributed by atoms with E-state index in [4.69, 9.17) is 0 Å². The van der Waals surface area contributed by atoms with Crippen LogP contribution < -0.4 is 5.32 Å². The van der Waals surface area contributed by atoms with Gasteiger partial charge < -0.3 is 15.5 Å². The van der Waals surface area contributed by atoms with E-state index < -0.39 is 12.1 Å². The molecule has 54 heavy (non-hydrogen) atoms. The maximum atomic E-state index is 12.4. The molecule has 0 saturated heterocycles. The molecule has 0 aromatic heterocycles. The summed E-state index contributed by atoms with van der Waals surface area (Å²) in [6.07, 6.45) is 62.4. The summed E-state index contributed by atoms with van der Waals surface area (Å²) in [6.45, 7) is 4.30. The van der Waals surface area contributed by atoms with Crippen LogP contribution in [0.2, 0.25) is 0 Å². The lowest BCUT2D eigenvalue weighted by Gasteiger charge is -2.19. The number of nitrogens with one attached hydrogen (secondary N) is 1. The third kappa shape index (κ3) is 41.5. The molecule has 2 unspecified atom stereocenters. The minimum atomic E-state index is -0.874. The summed E-state index contributed by atoms with van der Waals surface area (Å²) in [4.78, 5) is 12.4. The monoisotopic (exact) mass is 756 g/mol. The van der Waals surface area contributed by atoms with Crippen LogP contribution in [0.5, 0.6) is 0 Å². The van der Waals surface area contributed by atoms with Crippen molar-refractivity contribution in [2.45, 2.75) is 257 Å². The van der Waals surface area contributed by atoms with Gasteiger partial charge in [0.1, 0.15) is 0 Å². The highest BCUT2D eigenvalue weighted by molar-refractivity contribution is 5.76. The van der Waals surface area contributed by atoms with Crippen molar-refractivity contribution in [1.82, 2.24) is 5.32 Å². The number of carbonyl (C=O) groups excluding carboxylic acids is 1. The number of amides is 1. The zero-order valence-electron chi connectivity index (χ0n) is 36.2. The van der Waals surface area contributed by atoms with Crippen LogP contribution in [-0.2, 0) is 4.79 Å². The third-order valence-corrected chi connectivity index (χ3v) is 10.8. The van der Waals surface area contributed by atoms with Crippen LogP contribution in [0.15, 0.2) is 48.6 Å². The zero-order valence-corrected chi connectivity index (χ0v) is 36.2. The number of hydrogen-bond donors (Lipinski definition) is 3. The highest BCUT2D eigenvalue weighted by atomic mass is 16.3. The van der Waals surface area contributed by atoms with Gasteiger partial charge in [-0.2, -0.15) is 0 Å². The van der Waals surface area contributed by atoms with Crippen molar-refractivity contribution in [2.75, 3.05) is 6.61 Å². The molecule has 0 aliphatic rings. The molecule has 0 saturated carbocycles. The van der Waals surface area contributed by atoms with Gasteiger partial charge in [-0.25, -0.2) is 0 Å². The van der Waals surface area contributed by atoms with Crippen LogP contribution >= 0.6 is 0 Å². The van der Waals surface area contributed by atoms with Gasteiger partial charge in [0.15, 0.2) is 0 Å². The first-order valence-electron chi connectivity index (χ1n) is 23.9. The Kier molecular flexibility index (Phi) is 44.3. The van der Waals surface area contributed by atoms with Crippen LogP contribution in [0.1, 0.15) is 245 Å². The van der Waals surface area contributed by atoms with Crippen molar-refractivity contribution in [3.05, 3.63) is 48.6 Å². The molecule has 316 valence electrons. The summed E-state index contributed by atoms with van der Waals surface area (Å²) < 4.78 is 0. The molecule has 0 radical (unpaired) electrons. The molecule has 3 N–H and O–H groups in total. The summed E-state index contributed by atoms with van der Waals surface area (Å²) in [5.41, 5.74) is 0. The molecule has 4 nitrogen and oxygen atoms in total. The Bertz CT molecular complexity index is 862. The molecular formula is C50H93NO3. The summed E-state index contributed by atoms with van der Waals surface area (Å²) in [5.74, 6) is -0.0857. The van der Waals surface area contributed by atoms with Crippen LogP contribution in [-0.4, -0.2) is 34.9 Å². The van der Waals surface area contributed by atoms with E-state index >= 15 is 0 Å². The number of aliphatic hydroxyl groups excluding tert-OH is 2. The van der Waals surface area contributed by atoms with E-state index in [-0.39, 0.29) is 12.5 Å². The summed E-state index contributed by atoms with van der Waals surface area (Å²) in [6, 6.07) is -0.650. The van der Waals surface area contributed by atoms with Gasteiger partial charge in [-0.05, 0) is 70.6 Å².